The van der Waals surface area contributed by atoms with Crippen molar-refractivity contribution < 1.29 is 4.74 Å². The van der Waals surface area contributed by atoms with Crippen LogP contribution in [0.4, 0.5) is 0 Å². The number of hydrogen-bond donors (Lipinski definition) is 1. The first-order chi connectivity index (χ1) is 7.56. The quantitative estimate of drug-likeness (QED) is 0.579. The van der Waals surface area contributed by atoms with Crippen LogP contribution in [-0.2, 0) is 4.74 Å². The maximum Gasteiger partial charge on any atom is 0.0587 e. The summed E-state index contributed by atoms with van der Waals surface area (Å²) in [5, 5.41) is 3.51. The highest BCUT2D eigenvalue weighted by Crippen LogP contribution is 2.32. The van der Waals surface area contributed by atoms with E-state index >= 15 is 0 Å². The number of methoxy groups -OCH3 is 1. The van der Waals surface area contributed by atoms with Gasteiger partial charge >= 0.3 is 0 Å². The van der Waals surface area contributed by atoms with Gasteiger partial charge in [-0.25, -0.2) is 0 Å². The fourth-order valence-corrected chi connectivity index (χ4v) is 1.91. The summed E-state index contributed by atoms with van der Waals surface area (Å²) in [4.78, 5) is 0. The summed E-state index contributed by atoms with van der Waals surface area (Å²) in [6, 6.07) is 0. The molecule has 1 atom stereocenters. The van der Waals surface area contributed by atoms with Crippen molar-refractivity contribution in [2.24, 2.45) is 11.3 Å². The molecule has 98 valence electrons. The topological polar surface area (TPSA) is 21.3 Å². The molecule has 0 aliphatic rings. The Bertz CT molecular complexity index is 159. The van der Waals surface area contributed by atoms with Crippen molar-refractivity contribution in [2.45, 2.75) is 53.4 Å². The van der Waals surface area contributed by atoms with E-state index < -0.39 is 0 Å². The molecule has 0 aliphatic carbocycles. The molecule has 0 saturated heterocycles. The first kappa shape index (κ1) is 15.9. The molecular weight excluding hydrogens is 198 g/mol. The van der Waals surface area contributed by atoms with Crippen LogP contribution in [0.25, 0.3) is 0 Å². The zero-order valence-electron chi connectivity index (χ0n) is 11.9. The number of hydrogen-bond acceptors (Lipinski definition) is 2. The van der Waals surface area contributed by atoms with Crippen molar-refractivity contribution in [3.63, 3.8) is 0 Å². The van der Waals surface area contributed by atoms with Crippen molar-refractivity contribution in [1.82, 2.24) is 5.32 Å². The highest BCUT2D eigenvalue weighted by Gasteiger charge is 2.26. The molecule has 0 aromatic carbocycles. The van der Waals surface area contributed by atoms with Crippen molar-refractivity contribution in [1.29, 1.82) is 0 Å². The van der Waals surface area contributed by atoms with Gasteiger partial charge in [0, 0.05) is 20.2 Å². The lowest BCUT2D eigenvalue weighted by Crippen LogP contribution is -2.37. The molecule has 2 nitrogen and oxygen atoms in total. The summed E-state index contributed by atoms with van der Waals surface area (Å²) >= 11 is 0. The van der Waals surface area contributed by atoms with Gasteiger partial charge in [-0.3, -0.25) is 0 Å². The van der Waals surface area contributed by atoms with Gasteiger partial charge in [-0.1, -0.05) is 47.0 Å². The predicted octanol–water partition coefficient (Wildman–Crippen LogP) is 3.47. The van der Waals surface area contributed by atoms with E-state index in [1.807, 2.05) is 0 Å². The van der Waals surface area contributed by atoms with Crippen molar-refractivity contribution >= 4 is 0 Å². The smallest absolute Gasteiger partial charge is 0.0587 e. The Labute approximate surface area is 102 Å². The maximum atomic E-state index is 5.05. The van der Waals surface area contributed by atoms with Crippen LogP contribution in [0.15, 0.2) is 0 Å². The van der Waals surface area contributed by atoms with E-state index in [9.17, 15) is 0 Å². The lowest BCUT2D eigenvalue weighted by atomic mass is 9.75. The van der Waals surface area contributed by atoms with Gasteiger partial charge in [-0.05, 0) is 17.8 Å². The van der Waals surface area contributed by atoms with Gasteiger partial charge in [0.25, 0.3) is 0 Å². The third-order valence-electron chi connectivity index (χ3n) is 3.76. The molecular formula is C14H31NO. The van der Waals surface area contributed by atoms with E-state index in [1.54, 1.807) is 7.11 Å². The van der Waals surface area contributed by atoms with Crippen LogP contribution in [0.1, 0.15) is 53.4 Å². The molecule has 0 radical (unpaired) electrons. The summed E-state index contributed by atoms with van der Waals surface area (Å²) < 4.78 is 5.05. The maximum absolute atomic E-state index is 5.05. The van der Waals surface area contributed by atoms with Gasteiger partial charge in [0.1, 0.15) is 0 Å². The molecule has 0 aliphatic heterocycles. The lowest BCUT2D eigenvalue weighted by Gasteiger charge is -2.34. The van der Waals surface area contributed by atoms with Crippen LogP contribution in [0.3, 0.4) is 0 Å². The Morgan fingerprint density at radius 3 is 2.44 bits per heavy atom. The van der Waals surface area contributed by atoms with Crippen LogP contribution in [0.5, 0.6) is 0 Å². The van der Waals surface area contributed by atoms with Gasteiger partial charge in [0.05, 0.1) is 6.61 Å². The number of rotatable bonds is 10. The lowest BCUT2D eigenvalue weighted by molar-refractivity contribution is 0.164. The van der Waals surface area contributed by atoms with E-state index in [-0.39, 0.29) is 0 Å². The van der Waals surface area contributed by atoms with Crippen LogP contribution in [-0.4, -0.2) is 26.8 Å². The molecule has 0 aromatic rings. The SMILES string of the molecule is CCCCCC(C)(CNCCOC)C(C)C. The normalized spacial score (nSPS) is 15.4. The summed E-state index contributed by atoms with van der Waals surface area (Å²) in [6.07, 6.45) is 5.36. The fraction of sp³-hybridized carbons (Fsp3) is 1.00. The van der Waals surface area contributed by atoms with E-state index in [0.29, 0.717) is 5.41 Å². The van der Waals surface area contributed by atoms with Crippen molar-refractivity contribution in [3.8, 4) is 0 Å². The zero-order chi connectivity index (χ0) is 12.4. The molecule has 0 bridgehead atoms. The molecule has 1 unspecified atom stereocenters. The van der Waals surface area contributed by atoms with E-state index in [1.165, 1.54) is 25.7 Å². The molecule has 0 heterocycles. The minimum atomic E-state index is 0.433. The average molecular weight is 229 g/mol. The summed E-state index contributed by atoms with van der Waals surface area (Å²) in [5.74, 6) is 0.736. The molecule has 16 heavy (non-hydrogen) atoms. The fourth-order valence-electron chi connectivity index (χ4n) is 1.91. The highest BCUT2D eigenvalue weighted by atomic mass is 16.5. The Morgan fingerprint density at radius 1 is 1.25 bits per heavy atom. The Balaban J connectivity index is 3.91. The zero-order valence-corrected chi connectivity index (χ0v) is 11.9. The van der Waals surface area contributed by atoms with Crippen molar-refractivity contribution in [3.05, 3.63) is 0 Å². The van der Waals surface area contributed by atoms with E-state index in [4.69, 9.17) is 4.74 Å². The molecule has 0 spiro atoms. The van der Waals surface area contributed by atoms with Gasteiger partial charge in [0.2, 0.25) is 0 Å². The van der Waals surface area contributed by atoms with Gasteiger partial charge in [-0.2, -0.15) is 0 Å². The minimum Gasteiger partial charge on any atom is -0.383 e. The Hall–Kier alpha value is -0.0800. The van der Waals surface area contributed by atoms with E-state index in [0.717, 1.165) is 25.6 Å². The molecule has 0 fully saturated rings. The standard InChI is InChI=1S/C14H31NO/c1-6-7-8-9-14(4,13(2)3)12-15-10-11-16-5/h13,15H,6-12H2,1-5H3. The predicted molar refractivity (Wildman–Crippen MR) is 71.8 cm³/mol. The second-order valence-corrected chi connectivity index (χ2v) is 5.44. The molecule has 2 heteroatoms. The van der Waals surface area contributed by atoms with Crippen LogP contribution in [0.2, 0.25) is 0 Å². The molecule has 0 rings (SSSR count). The van der Waals surface area contributed by atoms with Gasteiger partial charge in [0.15, 0.2) is 0 Å². The van der Waals surface area contributed by atoms with Crippen LogP contribution >= 0.6 is 0 Å². The number of ether oxygens (including phenoxy) is 1. The molecule has 0 aromatic heterocycles. The van der Waals surface area contributed by atoms with Crippen LogP contribution < -0.4 is 5.32 Å². The third kappa shape index (κ3) is 6.49. The Morgan fingerprint density at radius 2 is 1.94 bits per heavy atom. The molecule has 1 N–H and O–H groups in total. The van der Waals surface area contributed by atoms with Gasteiger partial charge in [-0.15, -0.1) is 0 Å². The molecule has 0 amide bonds. The van der Waals surface area contributed by atoms with E-state index in [2.05, 4.69) is 33.0 Å². The third-order valence-corrected chi connectivity index (χ3v) is 3.76. The second-order valence-electron chi connectivity index (χ2n) is 5.44. The van der Waals surface area contributed by atoms with Gasteiger partial charge < -0.3 is 10.1 Å². The number of unbranched alkanes of at least 4 members (excludes halogenated alkanes) is 2. The minimum absolute atomic E-state index is 0.433. The number of nitrogens with one attached hydrogen (secondary N) is 1. The first-order valence-electron chi connectivity index (χ1n) is 6.76. The highest BCUT2D eigenvalue weighted by molar-refractivity contribution is 4.80. The van der Waals surface area contributed by atoms with Crippen LogP contribution in [0, 0.1) is 11.3 Å². The average Bonchev–Trinajstić information content (AvgIpc) is 2.25. The second kappa shape index (κ2) is 9.00. The summed E-state index contributed by atoms with van der Waals surface area (Å²) in [7, 11) is 1.75. The largest absolute Gasteiger partial charge is 0.383 e. The Kier molecular flexibility index (Phi) is 8.96. The first-order valence-corrected chi connectivity index (χ1v) is 6.76. The summed E-state index contributed by atoms with van der Waals surface area (Å²) in [5.41, 5.74) is 0.433. The molecule has 0 saturated carbocycles. The van der Waals surface area contributed by atoms with Crippen molar-refractivity contribution in [2.75, 3.05) is 26.8 Å². The monoisotopic (exact) mass is 229 g/mol. The summed E-state index contributed by atoms with van der Waals surface area (Å²) in [6.45, 7) is 12.2.